The van der Waals surface area contributed by atoms with Gasteiger partial charge in [-0.1, -0.05) is 55.4 Å². The second-order valence-corrected chi connectivity index (χ2v) is 10.8. The van der Waals surface area contributed by atoms with Crippen molar-refractivity contribution in [1.82, 2.24) is 9.88 Å². The van der Waals surface area contributed by atoms with E-state index in [0.717, 1.165) is 53.2 Å². The fourth-order valence-corrected chi connectivity index (χ4v) is 5.45. The average Bonchev–Trinajstić information content (AvgIpc) is 3.32. The Balaban J connectivity index is 1.24. The zero-order valence-corrected chi connectivity index (χ0v) is 21.4. The summed E-state index contributed by atoms with van der Waals surface area (Å²) in [6.45, 7) is 9.08. The minimum absolute atomic E-state index is 0.0402. The predicted octanol–water partition coefficient (Wildman–Crippen LogP) is 5.15. The van der Waals surface area contributed by atoms with Gasteiger partial charge in [-0.2, -0.15) is 0 Å². The maximum atomic E-state index is 12.4. The summed E-state index contributed by atoms with van der Waals surface area (Å²) < 4.78 is 0.885. The number of aromatic nitrogens is 1. The van der Waals surface area contributed by atoms with Crippen LogP contribution in [0, 0.1) is 12.8 Å². The molecule has 0 bridgehead atoms. The van der Waals surface area contributed by atoms with Gasteiger partial charge in [0.15, 0.2) is 4.34 Å². The SMILES string of the molecule is Cc1ccc(-c2csc(SCC(=O)Nc3ccc(N4CCN(C(=O)C(C)C)CC4)cc3)n2)cc1. The first-order valence-corrected chi connectivity index (χ1v) is 13.3. The number of thiazole rings is 1. The molecule has 2 amide bonds. The first-order chi connectivity index (χ1) is 16.4. The Labute approximate surface area is 209 Å². The molecule has 34 heavy (non-hydrogen) atoms. The summed E-state index contributed by atoms with van der Waals surface area (Å²) >= 11 is 3.01. The molecule has 0 saturated carbocycles. The fraction of sp³-hybridized carbons (Fsp3) is 0.346. The van der Waals surface area contributed by atoms with Gasteiger partial charge in [-0.05, 0) is 31.2 Å². The van der Waals surface area contributed by atoms with Crippen molar-refractivity contribution in [3.63, 3.8) is 0 Å². The molecule has 4 rings (SSSR count). The molecule has 3 aromatic rings. The quantitative estimate of drug-likeness (QED) is 0.460. The molecule has 2 aromatic carbocycles. The number of hydrogen-bond acceptors (Lipinski definition) is 6. The highest BCUT2D eigenvalue weighted by atomic mass is 32.2. The molecule has 1 fully saturated rings. The number of amides is 2. The van der Waals surface area contributed by atoms with Crippen molar-refractivity contribution in [2.24, 2.45) is 5.92 Å². The van der Waals surface area contributed by atoms with E-state index < -0.39 is 0 Å². The van der Waals surface area contributed by atoms with Crippen molar-refractivity contribution in [2.45, 2.75) is 25.1 Å². The largest absolute Gasteiger partial charge is 0.368 e. The van der Waals surface area contributed by atoms with Crippen LogP contribution in [0.1, 0.15) is 19.4 Å². The number of aryl methyl sites for hydroxylation is 1. The van der Waals surface area contributed by atoms with Gasteiger partial charge in [0.1, 0.15) is 0 Å². The van der Waals surface area contributed by atoms with Gasteiger partial charge in [-0.3, -0.25) is 9.59 Å². The number of carbonyl (C=O) groups excluding carboxylic acids is 2. The number of benzene rings is 2. The van der Waals surface area contributed by atoms with E-state index in [-0.39, 0.29) is 17.7 Å². The fourth-order valence-electron chi connectivity index (χ4n) is 3.81. The van der Waals surface area contributed by atoms with Crippen molar-refractivity contribution in [2.75, 3.05) is 42.1 Å². The Kier molecular flexibility index (Phi) is 7.90. The molecule has 1 aromatic heterocycles. The molecule has 0 radical (unpaired) electrons. The van der Waals surface area contributed by atoms with Crippen molar-refractivity contribution in [1.29, 1.82) is 0 Å². The molecule has 1 aliphatic rings. The Morgan fingerprint density at radius 2 is 1.71 bits per heavy atom. The van der Waals surface area contributed by atoms with Crippen LogP contribution < -0.4 is 10.2 Å². The Bertz CT molecular complexity index is 1120. The lowest BCUT2D eigenvalue weighted by atomic mass is 10.1. The smallest absolute Gasteiger partial charge is 0.234 e. The first kappa shape index (κ1) is 24.3. The molecular weight excluding hydrogens is 464 g/mol. The van der Waals surface area contributed by atoms with Gasteiger partial charge in [-0.15, -0.1) is 11.3 Å². The Hall–Kier alpha value is -2.84. The first-order valence-electron chi connectivity index (χ1n) is 11.5. The number of rotatable bonds is 7. The molecule has 1 aliphatic heterocycles. The van der Waals surface area contributed by atoms with Crippen LogP contribution in [0.15, 0.2) is 58.3 Å². The molecule has 0 atom stereocenters. The summed E-state index contributed by atoms with van der Waals surface area (Å²) in [6.07, 6.45) is 0. The highest BCUT2D eigenvalue weighted by molar-refractivity contribution is 8.01. The molecule has 0 aliphatic carbocycles. The minimum Gasteiger partial charge on any atom is -0.368 e. The Morgan fingerprint density at radius 1 is 1.03 bits per heavy atom. The van der Waals surface area contributed by atoms with Gasteiger partial charge >= 0.3 is 0 Å². The lowest BCUT2D eigenvalue weighted by Crippen LogP contribution is -2.49. The molecule has 6 nitrogen and oxygen atoms in total. The van der Waals surface area contributed by atoms with Crippen LogP contribution in [-0.2, 0) is 9.59 Å². The van der Waals surface area contributed by atoms with Crippen LogP contribution in [-0.4, -0.2) is 53.6 Å². The van der Waals surface area contributed by atoms with Gasteiger partial charge in [0, 0.05) is 54.4 Å². The molecule has 1 saturated heterocycles. The van der Waals surface area contributed by atoms with Crippen molar-refractivity contribution in [3.05, 3.63) is 59.5 Å². The number of anilines is 2. The predicted molar refractivity (Wildman–Crippen MR) is 142 cm³/mol. The number of carbonyl (C=O) groups is 2. The molecule has 0 spiro atoms. The summed E-state index contributed by atoms with van der Waals surface area (Å²) in [5, 5.41) is 5.00. The van der Waals surface area contributed by atoms with Gasteiger partial charge < -0.3 is 15.1 Å². The van der Waals surface area contributed by atoms with E-state index in [1.54, 1.807) is 11.3 Å². The topological polar surface area (TPSA) is 65.5 Å². The van der Waals surface area contributed by atoms with Gasteiger partial charge in [0.05, 0.1) is 11.4 Å². The van der Waals surface area contributed by atoms with E-state index in [1.165, 1.54) is 17.3 Å². The number of nitrogens with zero attached hydrogens (tertiary/aromatic N) is 3. The summed E-state index contributed by atoms with van der Waals surface area (Å²) in [7, 11) is 0. The van der Waals surface area contributed by atoms with E-state index in [0.29, 0.717) is 5.75 Å². The second kappa shape index (κ2) is 11.1. The lowest BCUT2D eigenvalue weighted by Gasteiger charge is -2.37. The highest BCUT2D eigenvalue weighted by Gasteiger charge is 2.22. The lowest BCUT2D eigenvalue weighted by molar-refractivity contribution is -0.134. The minimum atomic E-state index is -0.0503. The van der Waals surface area contributed by atoms with E-state index in [2.05, 4.69) is 46.4 Å². The Morgan fingerprint density at radius 3 is 2.35 bits per heavy atom. The average molecular weight is 495 g/mol. The number of hydrogen-bond donors (Lipinski definition) is 1. The third kappa shape index (κ3) is 6.18. The molecule has 2 heterocycles. The zero-order valence-electron chi connectivity index (χ0n) is 19.8. The number of nitrogens with one attached hydrogen (secondary N) is 1. The van der Waals surface area contributed by atoms with Crippen LogP contribution in [0.3, 0.4) is 0 Å². The standard InChI is InChI=1S/C26H30N4O2S2/c1-18(2)25(32)30-14-12-29(13-15-30)22-10-8-21(9-11-22)27-24(31)17-34-26-28-23(16-33-26)20-6-4-19(3)5-7-20/h4-11,16,18H,12-15,17H2,1-3H3,(H,27,31). The molecule has 178 valence electrons. The van der Waals surface area contributed by atoms with Crippen LogP contribution in [0.25, 0.3) is 11.3 Å². The zero-order chi connectivity index (χ0) is 24.1. The summed E-state index contributed by atoms with van der Waals surface area (Å²) in [6, 6.07) is 16.2. The maximum Gasteiger partial charge on any atom is 0.234 e. The van der Waals surface area contributed by atoms with Crippen LogP contribution in [0.2, 0.25) is 0 Å². The van der Waals surface area contributed by atoms with Crippen LogP contribution >= 0.6 is 23.1 Å². The van der Waals surface area contributed by atoms with Crippen molar-refractivity contribution < 1.29 is 9.59 Å². The van der Waals surface area contributed by atoms with Crippen molar-refractivity contribution in [3.8, 4) is 11.3 Å². The third-order valence-corrected chi connectivity index (χ3v) is 7.78. The van der Waals surface area contributed by atoms with E-state index in [1.807, 2.05) is 48.4 Å². The van der Waals surface area contributed by atoms with E-state index >= 15 is 0 Å². The number of thioether (sulfide) groups is 1. The van der Waals surface area contributed by atoms with Gasteiger partial charge in [0.2, 0.25) is 11.8 Å². The monoisotopic (exact) mass is 494 g/mol. The van der Waals surface area contributed by atoms with Crippen molar-refractivity contribution >= 4 is 46.3 Å². The van der Waals surface area contributed by atoms with Gasteiger partial charge in [0.25, 0.3) is 0 Å². The highest BCUT2D eigenvalue weighted by Crippen LogP contribution is 2.28. The van der Waals surface area contributed by atoms with Gasteiger partial charge in [-0.25, -0.2) is 4.98 Å². The molecular formula is C26H30N4O2S2. The molecule has 1 N–H and O–H groups in total. The van der Waals surface area contributed by atoms with E-state index in [9.17, 15) is 9.59 Å². The molecule has 8 heteroatoms. The number of piperazine rings is 1. The maximum absolute atomic E-state index is 12.4. The summed E-state index contributed by atoms with van der Waals surface area (Å²) in [4.78, 5) is 33.5. The molecule has 0 unspecified atom stereocenters. The van der Waals surface area contributed by atoms with E-state index in [4.69, 9.17) is 0 Å². The summed E-state index contributed by atoms with van der Waals surface area (Å²) in [5.41, 5.74) is 5.14. The second-order valence-electron chi connectivity index (χ2n) is 8.72. The summed E-state index contributed by atoms with van der Waals surface area (Å²) in [5.74, 6) is 0.526. The van der Waals surface area contributed by atoms with Crippen LogP contribution in [0.4, 0.5) is 11.4 Å². The normalized spacial score (nSPS) is 13.9. The van der Waals surface area contributed by atoms with Crippen LogP contribution in [0.5, 0.6) is 0 Å². The third-order valence-electron chi connectivity index (χ3n) is 5.76.